The lowest BCUT2D eigenvalue weighted by Crippen LogP contribution is -2.48. The summed E-state index contributed by atoms with van der Waals surface area (Å²) in [5, 5.41) is 2.32. The lowest BCUT2D eigenvalue weighted by atomic mass is 10.2. The fourth-order valence-electron chi connectivity index (χ4n) is 3.43. The third kappa shape index (κ3) is 6.49. The summed E-state index contributed by atoms with van der Waals surface area (Å²) in [4.78, 5) is 24.5. The van der Waals surface area contributed by atoms with E-state index in [1.807, 2.05) is 0 Å². The number of benzene rings is 2. The van der Waals surface area contributed by atoms with Crippen LogP contribution in [0.4, 0.5) is 14.5 Å². The molecular weight excluding hydrogens is 474 g/mol. The molecule has 0 bridgehead atoms. The van der Waals surface area contributed by atoms with Gasteiger partial charge in [0.25, 0.3) is 5.91 Å². The van der Waals surface area contributed by atoms with Crippen molar-refractivity contribution in [3.05, 3.63) is 54.1 Å². The molecule has 1 N–H and O–H groups in total. The standard InChI is InChI=1S/C22H24F2N2O7S/c1-14-11-26(12-15(2)32-14)34(29,30)17-7-5-6-16(10-17)21(28)31-13-20(27)25-18-8-3-4-9-19(18)33-22(23)24/h3-10,14-15,22H,11-13H2,1-2H3,(H,25,27)/t14-,15-/m1/s1. The highest BCUT2D eigenvalue weighted by Crippen LogP contribution is 2.25. The fraction of sp³-hybridized carbons (Fsp3) is 0.364. The van der Waals surface area contributed by atoms with E-state index < -0.39 is 35.1 Å². The number of amides is 1. The molecule has 2 aromatic rings. The zero-order valence-corrected chi connectivity index (χ0v) is 19.3. The van der Waals surface area contributed by atoms with Crippen molar-refractivity contribution in [1.82, 2.24) is 4.31 Å². The van der Waals surface area contributed by atoms with Crippen molar-refractivity contribution in [3.8, 4) is 5.75 Å². The predicted octanol–water partition coefficient (Wildman–Crippen LogP) is 2.88. The molecule has 0 spiro atoms. The Hall–Kier alpha value is -3.09. The van der Waals surface area contributed by atoms with E-state index in [1.165, 1.54) is 52.8 Å². The van der Waals surface area contributed by atoms with Gasteiger partial charge in [0.1, 0.15) is 5.75 Å². The number of para-hydroxylation sites is 2. The monoisotopic (exact) mass is 498 g/mol. The Morgan fingerprint density at radius 3 is 2.47 bits per heavy atom. The van der Waals surface area contributed by atoms with Gasteiger partial charge >= 0.3 is 12.6 Å². The summed E-state index contributed by atoms with van der Waals surface area (Å²) in [6, 6.07) is 10.8. The molecule has 9 nitrogen and oxygen atoms in total. The van der Waals surface area contributed by atoms with Gasteiger partial charge in [0.05, 0.1) is 28.4 Å². The summed E-state index contributed by atoms with van der Waals surface area (Å²) in [6.07, 6.45) is -0.553. The van der Waals surface area contributed by atoms with E-state index in [-0.39, 0.29) is 47.2 Å². The Kier molecular flexibility index (Phi) is 8.18. The molecule has 3 rings (SSSR count). The van der Waals surface area contributed by atoms with Gasteiger partial charge in [0, 0.05) is 13.1 Å². The zero-order chi connectivity index (χ0) is 24.9. The lowest BCUT2D eigenvalue weighted by molar-refractivity contribution is -0.119. The Balaban J connectivity index is 1.64. The van der Waals surface area contributed by atoms with Crippen molar-refractivity contribution in [3.63, 3.8) is 0 Å². The van der Waals surface area contributed by atoms with Crippen LogP contribution in [0.25, 0.3) is 0 Å². The molecule has 0 saturated carbocycles. The van der Waals surface area contributed by atoms with Gasteiger partial charge in [-0.05, 0) is 44.2 Å². The molecule has 1 saturated heterocycles. The third-order valence-corrected chi connectivity index (χ3v) is 6.63. The van der Waals surface area contributed by atoms with Gasteiger partial charge in [-0.25, -0.2) is 13.2 Å². The first-order valence-electron chi connectivity index (χ1n) is 10.3. The summed E-state index contributed by atoms with van der Waals surface area (Å²) < 4.78 is 67.2. The Morgan fingerprint density at radius 2 is 1.79 bits per heavy atom. The zero-order valence-electron chi connectivity index (χ0n) is 18.4. The van der Waals surface area contributed by atoms with Crippen LogP contribution in [0.3, 0.4) is 0 Å². The van der Waals surface area contributed by atoms with E-state index in [0.29, 0.717) is 0 Å². The average Bonchev–Trinajstić information content (AvgIpc) is 2.78. The van der Waals surface area contributed by atoms with Crippen molar-refractivity contribution < 1.29 is 41.0 Å². The molecule has 0 aliphatic carbocycles. The number of nitrogens with zero attached hydrogens (tertiary/aromatic N) is 1. The highest BCUT2D eigenvalue weighted by Gasteiger charge is 2.32. The first kappa shape index (κ1) is 25.5. The molecule has 1 aliphatic heterocycles. The second-order valence-corrected chi connectivity index (χ2v) is 9.54. The van der Waals surface area contributed by atoms with E-state index in [2.05, 4.69) is 10.1 Å². The minimum Gasteiger partial charge on any atom is -0.452 e. The number of ether oxygens (including phenoxy) is 3. The van der Waals surface area contributed by atoms with Crippen molar-refractivity contribution >= 4 is 27.6 Å². The van der Waals surface area contributed by atoms with Crippen LogP contribution in [-0.4, -0.2) is 63.1 Å². The Morgan fingerprint density at radius 1 is 1.12 bits per heavy atom. The van der Waals surface area contributed by atoms with Crippen molar-refractivity contribution in [2.45, 2.75) is 37.6 Å². The Labute approximate surface area is 195 Å². The summed E-state index contributed by atoms with van der Waals surface area (Å²) in [5.74, 6) is -1.96. The van der Waals surface area contributed by atoms with Gasteiger partial charge in [-0.1, -0.05) is 18.2 Å². The molecule has 1 amide bonds. The fourth-order valence-corrected chi connectivity index (χ4v) is 5.07. The SMILES string of the molecule is C[C@@H]1CN(S(=O)(=O)c2cccc(C(=O)OCC(=O)Nc3ccccc3OC(F)F)c2)C[C@@H](C)O1. The van der Waals surface area contributed by atoms with Gasteiger partial charge in [-0.3, -0.25) is 4.79 Å². The number of hydrogen-bond donors (Lipinski definition) is 1. The van der Waals surface area contributed by atoms with E-state index >= 15 is 0 Å². The quantitative estimate of drug-likeness (QED) is 0.557. The number of hydrogen-bond acceptors (Lipinski definition) is 7. The third-order valence-electron chi connectivity index (χ3n) is 4.81. The second-order valence-electron chi connectivity index (χ2n) is 7.61. The van der Waals surface area contributed by atoms with Crippen LogP contribution in [-0.2, 0) is 24.3 Å². The number of esters is 1. The van der Waals surface area contributed by atoms with Crippen LogP contribution in [0.5, 0.6) is 5.75 Å². The summed E-state index contributed by atoms with van der Waals surface area (Å²) in [6.45, 7) is 0.0982. The van der Waals surface area contributed by atoms with Gasteiger partial charge in [-0.2, -0.15) is 13.1 Å². The minimum atomic E-state index is -3.88. The van der Waals surface area contributed by atoms with E-state index in [9.17, 15) is 26.8 Å². The smallest absolute Gasteiger partial charge is 0.387 e. The maximum atomic E-state index is 13.0. The molecule has 0 unspecified atom stereocenters. The molecule has 1 heterocycles. The summed E-state index contributed by atoms with van der Waals surface area (Å²) in [7, 11) is -3.88. The summed E-state index contributed by atoms with van der Waals surface area (Å²) >= 11 is 0. The number of anilines is 1. The second kappa shape index (κ2) is 10.9. The molecule has 0 radical (unpaired) electrons. The number of nitrogens with one attached hydrogen (secondary N) is 1. The number of carbonyl (C=O) groups is 2. The predicted molar refractivity (Wildman–Crippen MR) is 117 cm³/mol. The van der Waals surface area contributed by atoms with Crippen LogP contribution in [0.15, 0.2) is 53.4 Å². The van der Waals surface area contributed by atoms with E-state index in [1.54, 1.807) is 13.8 Å². The molecular formula is C22H24F2N2O7S. The number of morpholine rings is 1. The number of alkyl halides is 2. The molecule has 0 aromatic heterocycles. The normalized spacial score (nSPS) is 19.0. The van der Waals surface area contributed by atoms with Crippen LogP contribution >= 0.6 is 0 Å². The van der Waals surface area contributed by atoms with E-state index in [0.717, 1.165) is 0 Å². The molecule has 34 heavy (non-hydrogen) atoms. The largest absolute Gasteiger partial charge is 0.452 e. The molecule has 184 valence electrons. The molecule has 1 aliphatic rings. The number of halogens is 2. The summed E-state index contributed by atoms with van der Waals surface area (Å²) in [5.41, 5.74) is -0.0874. The van der Waals surface area contributed by atoms with Crippen LogP contribution in [0.2, 0.25) is 0 Å². The first-order valence-corrected chi connectivity index (χ1v) is 11.8. The van der Waals surface area contributed by atoms with Crippen LogP contribution in [0.1, 0.15) is 24.2 Å². The molecule has 1 fully saturated rings. The maximum Gasteiger partial charge on any atom is 0.387 e. The molecule has 12 heteroatoms. The molecule has 2 aromatic carbocycles. The Bertz CT molecular complexity index is 1130. The highest BCUT2D eigenvalue weighted by molar-refractivity contribution is 7.89. The maximum absolute atomic E-state index is 13.0. The van der Waals surface area contributed by atoms with Crippen molar-refractivity contribution in [1.29, 1.82) is 0 Å². The average molecular weight is 499 g/mol. The van der Waals surface area contributed by atoms with E-state index in [4.69, 9.17) is 9.47 Å². The van der Waals surface area contributed by atoms with Gasteiger partial charge < -0.3 is 19.5 Å². The van der Waals surface area contributed by atoms with Crippen molar-refractivity contribution in [2.24, 2.45) is 0 Å². The first-order chi connectivity index (χ1) is 16.1. The van der Waals surface area contributed by atoms with Gasteiger partial charge in [0.2, 0.25) is 10.0 Å². The highest BCUT2D eigenvalue weighted by atomic mass is 32.2. The molecule has 2 atom stereocenters. The van der Waals surface area contributed by atoms with Crippen LogP contribution in [0, 0.1) is 0 Å². The van der Waals surface area contributed by atoms with Crippen LogP contribution < -0.4 is 10.1 Å². The number of rotatable bonds is 8. The van der Waals surface area contributed by atoms with Gasteiger partial charge in [-0.15, -0.1) is 0 Å². The number of carbonyl (C=O) groups excluding carboxylic acids is 2. The minimum absolute atomic E-state index is 0.0223. The number of sulfonamides is 1. The topological polar surface area (TPSA) is 111 Å². The van der Waals surface area contributed by atoms with Gasteiger partial charge in [0.15, 0.2) is 6.61 Å². The lowest BCUT2D eigenvalue weighted by Gasteiger charge is -2.34. The van der Waals surface area contributed by atoms with Crippen molar-refractivity contribution in [2.75, 3.05) is 25.0 Å².